The summed E-state index contributed by atoms with van der Waals surface area (Å²) in [6, 6.07) is 11.7. The van der Waals surface area contributed by atoms with E-state index in [0.717, 1.165) is 30.9 Å². The highest BCUT2D eigenvalue weighted by Crippen LogP contribution is 2.24. The van der Waals surface area contributed by atoms with Gasteiger partial charge >= 0.3 is 0 Å². The van der Waals surface area contributed by atoms with Gasteiger partial charge in [0.15, 0.2) is 11.6 Å². The molecule has 2 aromatic carbocycles. The quantitative estimate of drug-likeness (QED) is 0.899. The fourth-order valence-corrected chi connectivity index (χ4v) is 2.77. The van der Waals surface area contributed by atoms with Crippen LogP contribution in [0, 0.1) is 17.6 Å². The SMILES string of the molecule is Fc1ccc(CN(CC2CNC2)c2cccc(Cl)c2)cc1F. The Morgan fingerprint density at radius 3 is 2.55 bits per heavy atom. The van der Waals surface area contributed by atoms with Crippen molar-refractivity contribution in [2.45, 2.75) is 6.54 Å². The highest BCUT2D eigenvalue weighted by atomic mass is 35.5. The zero-order chi connectivity index (χ0) is 15.5. The van der Waals surface area contributed by atoms with Gasteiger partial charge in [0.25, 0.3) is 0 Å². The van der Waals surface area contributed by atoms with E-state index < -0.39 is 11.6 Å². The minimum absolute atomic E-state index is 0.522. The Morgan fingerprint density at radius 2 is 1.91 bits per heavy atom. The molecule has 0 saturated carbocycles. The molecule has 2 nitrogen and oxygen atoms in total. The standard InChI is InChI=1S/C17H17ClF2N2/c18-14-2-1-3-15(7-14)22(11-13-8-21-9-13)10-12-4-5-16(19)17(20)6-12/h1-7,13,21H,8-11H2. The van der Waals surface area contributed by atoms with Gasteiger partial charge in [-0.1, -0.05) is 23.7 Å². The minimum Gasteiger partial charge on any atom is -0.367 e. The van der Waals surface area contributed by atoms with Crippen LogP contribution in [0.3, 0.4) is 0 Å². The van der Waals surface area contributed by atoms with Crippen LogP contribution in [0.15, 0.2) is 42.5 Å². The minimum atomic E-state index is -0.818. The number of rotatable bonds is 5. The van der Waals surface area contributed by atoms with Crippen molar-refractivity contribution in [2.24, 2.45) is 5.92 Å². The van der Waals surface area contributed by atoms with Crippen LogP contribution in [-0.2, 0) is 6.54 Å². The van der Waals surface area contributed by atoms with Gasteiger partial charge in [-0.25, -0.2) is 8.78 Å². The Kier molecular flexibility index (Phi) is 4.60. The Bertz CT molecular complexity index is 659. The number of nitrogens with zero attached hydrogens (tertiary/aromatic N) is 1. The molecule has 5 heteroatoms. The first-order valence-corrected chi connectivity index (χ1v) is 7.65. The van der Waals surface area contributed by atoms with E-state index in [4.69, 9.17) is 11.6 Å². The number of hydrogen-bond donors (Lipinski definition) is 1. The first-order valence-electron chi connectivity index (χ1n) is 7.27. The summed E-state index contributed by atoms with van der Waals surface area (Å²) in [5.74, 6) is -1.07. The summed E-state index contributed by atoms with van der Waals surface area (Å²) in [7, 11) is 0. The monoisotopic (exact) mass is 322 g/mol. The smallest absolute Gasteiger partial charge is 0.159 e. The zero-order valence-electron chi connectivity index (χ0n) is 12.0. The Balaban J connectivity index is 1.82. The van der Waals surface area contributed by atoms with Gasteiger partial charge in [0.1, 0.15) is 0 Å². The second kappa shape index (κ2) is 6.63. The van der Waals surface area contributed by atoms with Gasteiger partial charge in [0, 0.05) is 42.8 Å². The number of halogens is 3. The van der Waals surface area contributed by atoms with Crippen LogP contribution >= 0.6 is 11.6 Å². The molecule has 0 radical (unpaired) electrons. The number of benzene rings is 2. The van der Waals surface area contributed by atoms with Crippen LogP contribution in [0.1, 0.15) is 5.56 Å². The Labute approximate surface area is 133 Å². The molecular weight excluding hydrogens is 306 g/mol. The molecule has 1 fully saturated rings. The van der Waals surface area contributed by atoms with Gasteiger partial charge in [0.2, 0.25) is 0 Å². The summed E-state index contributed by atoms with van der Waals surface area (Å²) in [6.45, 7) is 3.34. The number of anilines is 1. The predicted octanol–water partition coefficient (Wildman–Crippen LogP) is 3.84. The lowest BCUT2D eigenvalue weighted by Gasteiger charge is -2.34. The lowest BCUT2D eigenvalue weighted by atomic mass is 10.0. The fourth-order valence-electron chi connectivity index (χ4n) is 2.58. The Morgan fingerprint density at radius 1 is 1.09 bits per heavy atom. The molecule has 0 spiro atoms. The second-order valence-electron chi connectivity index (χ2n) is 5.63. The maximum atomic E-state index is 13.4. The van der Waals surface area contributed by atoms with Gasteiger partial charge in [-0.05, 0) is 35.9 Å². The van der Waals surface area contributed by atoms with Crippen molar-refractivity contribution in [2.75, 3.05) is 24.5 Å². The highest BCUT2D eigenvalue weighted by Gasteiger charge is 2.21. The lowest BCUT2D eigenvalue weighted by Crippen LogP contribution is -2.48. The molecule has 1 N–H and O–H groups in total. The number of nitrogens with one attached hydrogen (secondary N) is 1. The fraction of sp³-hybridized carbons (Fsp3) is 0.294. The molecular formula is C17H17ClF2N2. The second-order valence-corrected chi connectivity index (χ2v) is 6.07. The van der Waals surface area contributed by atoms with Crippen molar-refractivity contribution in [3.63, 3.8) is 0 Å². The molecule has 22 heavy (non-hydrogen) atoms. The molecule has 116 valence electrons. The van der Waals surface area contributed by atoms with E-state index in [9.17, 15) is 8.78 Å². The normalized spacial score (nSPS) is 14.7. The van der Waals surface area contributed by atoms with Gasteiger partial charge < -0.3 is 10.2 Å². The maximum absolute atomic E-state index is 13.4. The molecule has 1 aliphatic heterocycles. The lowest BCUT2D eigenvalue weighted by molar-refractivity contribution is 0.348. The van der Waals surface area contributed by atoms with Gasteiger partial charge in [-0.2, -0.15) is 0 Å². The van der Waals surface area contributed by atoms with E-state index >= 15 is 0 Å². The number of hydrogen-bond acceptors (Lipinski definition) is 2. The van der Waals surface area contributed by atoms with Gasteiger partial charge in [-0.15, -0.1) is 0 Å². The summed E-state index contributed by atoms with van der Waals surface area (Å²) in [5.41, 5.74) is 1.73. The van der Waals surface area contributed by atoms with Gasteiger partial charge in [0.05, 0.1) is 0 Å². The van der Waals surface area contributed by atoms with Crippen molar-refractivity contribution in [1.82, 2.24) is 5.32 Å². The summed E-state index contributed by atoms with van der Waals surface area (Å²) >= 11 is 6.07. The zero-order valence-corrected chi connectivity index (χ0v) is 12.8. The van der Waals surface area contributed by atoms with Crippen molar-refractivity contribution in [1.29, 1.82) is 0 Å². The summed E-state index contributed by atoms with van der Waals surface area (Å²) < 4.78 is 26.5. The molecule has 0 aromatic heterocycles. The molecule has 0 atom stereocenters. The van der Waals surface area contributed by atoms with Crippen molar-refractivity contribution in [3.05, 3.63) is 64.7 Å². The third kappa shape index (κ3) is 3.57. The third-order valence-electron chi connectivity index (χ3n) is 3.88. The van der Waals surface area contributed by atoms with E-state index in [1.165, 1.54) is 12.1 Å². The summed E-state index contributed by atoms with van der Waals surface area (Å²) in [5, 5.41) is 3.91. The molecule has 0 aliphatic carbocycles. The molecule has 0 amide bonds. The molecule has 0 unspecified atom stereocenters. The van der Waals surface area contributed by atoms with Crippen molar-refractivity contribution in [3.8, 4) is 0 Å². The molecule has 2 aromatic rings. The van der Waals surface area contributed by atoms with E-state index in [1.807, 2.05) is 24.3 Å². The molecule has 1 aliphatic rings. The topological polar surface area (TPSA) is 15.3 Å². The maximum Gasteiger partial charge on any atom is 0.159 e. The predicted molar refractivity (Wildman–Crippen MR) is 85.2 cm³/mol. The highest BCUT2D eigenvalue weighted by molar-refractivity contribution is 6.30. The average Bonchev–Trinajstić information content (AvgIpc) is 2.45. The average molecular weight is 323 g/mol. The molecule has 1 heterocycles. The summed E-state index contributed by atoms with van der Waals surface area (Å²) in [4.78, 5) is 2.16. The van der Waals surface area contributed by atoms with Crippen molar-refractivity contribution >= 4 is 17.3 Å². The van der Waals surface area contributed by atoms with Crippen LogP contribution in [0.5, 0.6) is 0 Å². The van der Waals surface area contributed by atoms with Crippen LogP contribution < -0.4 is 10.2 Å². The van der Waals surface area contributed by atoms with E-state index in [1.54, 1.807) is 6.07 Å². The van der Waals surface area contributed by atoms with Crippen LogP contribution in [0.2, 0.25) is 5.02 Å². The first kappa shape index (κ1) is 15.3. The van der Waals surface area contributed by atoms with E-state index in [0.29, 0.717) is 17.5 Å². The van der Waals surface area contributed by atoms with Crippen molar-refractivity contribution < 1.29 is 8.78 Å². The van der Waals surface area contributed by atoms with E-state index in [-0.39, 0.29) is 0 Å². The molecule has 0 bridgehead atoms. The van der Waals surface area contributed by atoms with Crippen LogP contribution in [-0.4, -0.2) is 19.6 Å². The van der Waals surface area contributed by atoms with E-state index in [2.05, 4.69) is 10.2 Å². The third-order valence-corrected chi connectivity index (χ3v) is 4.11. The first-order chi connectivity index (χ1) is 10.6. The molecule has 1 saturated heterocycles. The summed E-state index contributed by atoms with van der Waals surface area (Å²) in [6.07, 6.45) is 0. The largest absolute Gasteiger partial charge is 0.367 e. The van der Waals surface area contributed by atoms with Crippen LogP contribution in [0.4, 0.5) is 14.5 Å². The Hall–Kier alpha value is -1.65. The van der Waals surface area contributed by atoms with Gasteiger partial charge in [-0.3, -0.25) is 0 Å². The molecule has 3 rings (SSSR count). The van der Waals surface area contributed by atoms with Crippen LogP contribution in [0.25, 0.3) is 0 Å².